The molecule has 1 aliphatic rings. The molecule has 0 bridgehead atoms. The number of anilines is 1. The first-order chi connectivity index (χ1) is 17.0. The Morgan fingerprint density at radius 3 is 2.67 bits per heavy atom. The van der Waals surface area contributed by atoms with Gasteiger partial charge in [-0.15, -0.1) is 10.2 Å². The van der Waals surface area contributed by atoms with Crippen LogP contribution in [-0.2, 0) is 14.3 Å². The molecule has 1 fully saturated rings. The monoisotopic (exact) mass is 514 g/mol. The molecule has 0 saturated carbocycles. The Bertz CT molecular complexity index is 1270. The highest BCUT2D eigenvalue weighted by molar-refractivity contribution is 5.95. The molecule has 1 aromatic carbocycles. The second kappa shape index (κ2) is 9.62. The first kappa shape index (κ1) is 25.8. The van der Waals surface area contributed by atoms with Gasteiger partial charge in [0.05, 0.1) is 12.3 Å². The molecule has 0 unspecified atom stereocenters. The van der Waals surface area contributed by atoms with Crippen molar-refractivity contribution in [3.05, 3.63) is 54.0 Å². The molecule has 0 aliphatic carbocycles. The maximum absolute atomic E-state index is 14.8. The fourth-order valence-corrected chi connectivity index (χ4v) is 4.32. The highest BCUT2D eigenvalue weighted by atomic mass is 19.4. The third-order valence-corrected chi connectivity index (χ3v) is 6.46. The zero-order chi connectivity index (χ0) is 26.3. The Kier molecular flexibility index (Phi) is 6.88. The number of amides is 1. The van der Waals surface area contributed by atoms with Crippen molar-refractivity contribution >= 4 is 17.2 Å². The van der Waals surface area contributed by atoms with Crippen LogP contribution in [0.25, 0.3) is 5.65 Å². The summed E-state index contributed by atoms with van der Waals surface area (Å²) in [6.07, 6.45) is -3.72. The van der Waals surface area contributed by atoms with Gasteiger partial charge in [-0.2, -0.15) is 17.6 Å². The standard InChI is InChI=1S/C23H23F5N4O4/c1-12-17(14-5-6-15(24)18(25)19(14)35-9-8-34-3)20(36-22(12,2)23(26,27)28)21(33)30-13-4-7-16-31-29-11-32(16)10-13/h4-7,10-12,17,20H,8-9H2,1-3H3,(H,30,33)/t12-,17-,20+,22+/m0/s1. The van der Waals surface area contributed by atoms with Gasteiger partial charge in [-0.25, -0.2) is 4.39 Å². The number of pyridine rings is 1. The van der Waals surface area contributed by atoms with Gasteiger partial charge in [0, 0.05) is 30.7 Å². The van der Waals surface area contributed by atoms with Crippen molar-refractivity contribution in [1.29, 1.82) is 0 Å². The number of alkyl halides is 3. The quantitative estimate of drug-likeness (QED) is 0.377. The van der Waals surface area contributed by atoms with Crippen LogP contribution < -0.4 is 10.1 Å². The van der Waals surface area contributed by atoms with Gasteiger partial charge in [0.1, 0.15) is 19.0 Å². The van der Waals surface area contributed by atoms with E-state index in [1.54, 1.807) is 6.07 Å². The first-order valence-corrected chi connectivity index (χ1v) is 10.9. The summed E-state index contributed by atoms with van der Waals surface area (Å²) < 4.78 is 88.3. The first-order valence-electron chi connectivity index (χ1n) is 10.9. The number of halogens is 5. The lowest BCUT2D eigenvalue weighted by molar-refractivity contribution is -0.272. The number of rotatable bonds is 7. The van der Waals surface area contributed by atoms with Gasteiger partial charge >= 0.3 is 6.18 Å². The second-order valence-electron chi connectivity index (χ2n) is 8.58. The van der Waals surface area contributed by atoms with Gasteiger partial charge in [0.2, 0.25) is 5.82 Å². The van der Waals surface area contributed by atoms with Crippen molar-refractivity contribution in [2.45, 2.75) is 37.6 Å². The van der Waals surface area contributed by atoms with E-state index < -0.39 is 53.0 Å². The lowest BCUT2D eigenvalue weighted by Gasteiger charge is -2.32. The summed E-state index contributed by atoms with van der Waals surface area (Å²) in [4.78, 5) is 13.3. The number of nitrogens with one attached hydrogen (secondary N) is 1. The number of aromatic nitrogens is 3. The maximum Gasteiger partial charge on any atom is 0.417 e. The van der Waals surface area contributed by atoms with Gasteiger partial charge in [0.15, 0.2) is 22.8 Å². The number of benzene rings is 1. The molecule has 4 rings (SSSR count). The SMILES string of the molecule is COCCOc1c([C@H]2[C@H](C(=O)Nc3ccc4nncn4c3)O[C@@](C)(C(F)(F)F)[C@H]2C)ccc(F)c1F. The number of methoxy groups -OCH3 is 1. The van der Waals surface area contributed by atoms with Crippen LogP contribution in [-0.4, -0.2) is 58.7 Å². The predicted molar refractivity (Wildman–Crippen MR) is 117 cm³/mol. The lowest BCUT2D eigenvalue weighted by atomic mass is 9.77. The molecule has 194 valence electrons. The lowest BCUT2D eigenvalue weighted by Crippen LogP contribution is -2.47. The summed E-state index contributed by atoms with van der Waals surface area (Å²) in [5.74, 6) is -6.83. The van der Waals surface area contributed by atoms with Crippen molar-refractivity contribution in [3.8, 4) is 5.75 Å². The molecule has 36 heavy (non-hydrogen) atoms. The van der Waals surface area contributed by atoms with E-state index in [4.69, 9.17) is 14.2 Å². The molecule has 2 aromatic heterocycles. The Balaban J connectivity index is 1.75. The number of hydrogen-bond donors (Lipinski definition) is 1. The van der Waals surface area contributed by atoms with Crippen LogP contribution in [0, 0.1) is 17.6 Å². The number of carbonyl (C=O) groups is 1. The molecular weight excluding hydrogens is 491 g/mol. The van der Waals surface area contributed by atoms with Crippen molar-refractivity contribution in [2.75, 3.05) is 25.6 Å². The topological polar surface area (TPSA) is 87.0 Å². The van der Waals surface area contributed by atoms with Crippen molar-refractivity contribution in [1.82, 2.24) is 14.6 Å². The van der Waals surface area contributed by atoms with Gasteiger partial charge in [0.25, 0.3) is 5.91 Å². The van der Waals surface area contributed by atoms with Crippen LogP contribution in [0.5, 0.6) is 5.75 Å². The summed E-state index contributed by atoms with van der Waals surface area (Å²) in [5.41, 5.74) is -2.16. The molecular formula is C23H23F5N4O4. The fourth-order valence-electron chi connectivity index (χ4n) is 4.32. The van der Waals surface area contributed by atoms with E-state index in [9.17, 15) is 26.7 Å². The predicted octanol–water partition coefficient (Wildman–Crippen LogP) is 4.11. The Morgan fingerprint density at radius 1 is 1.22 bits per heavy atom. The molecule has 1 saturated heterocycles. The van der Waals surface area contributed by atoms with E-state index in [1.807, 2.05) is 0 Å². The van der Waals surface area contributed by atoms with Crippen molar-refractivity contribution in [2.24, 2.45) is 5.92 Å². The van der Waals surface area contributed by atoms with Crippen LogP contribution in [0.15, 0.2) is 36.8 Å². The highest BCUT2D eigenvalue weighted by Gasteiger charge is 2.65. The van der Waals surface area contributed by atoms with Crippen LogP contribution in [0.4, 0.5) is 27.6 Å². The summed E-state index contributed by atoms with van der Waals surface area (Å²) in [5, 5.41) is 10.1. The third-order valence-electron chi connectivity index (χ3n) is 6.46. The maximum atomic E-state index is 14.8. The Morgan fingerprint density at radius 2 is 1.97 bits per heavy atom. The number of carbonyl (C=O) groups excluding carboxylic acids is 1. The summed E-state index contributed by atoms with van der Waals surface area (Å²) in [6, 6.07) is 4.93. The average molecular weight is 514 g/mol. The summed E-state index contributed by atoms with van der Waals surface area (Å²) in [7, 11) is 1.37. The van der Waals surface area contributed by atoms with Gasteiger partial charge < -0.3 is 19.5 Å². The van der Waals surface area contributed by atoms with Crippen LogP contribution in [0.2, 0.25) is 0 Å². The van der Waals surface area contributed by atoms with E-state index >= 15 is 0 Å². The van der Waals surface area contributed by atoms with E-state index in [0.717, 1.165) is 19.1 Å². The van der Waals surface area contributed by atoms with E-state index in [1.165, 1.54) is 37.0 Å². The van der Waals surface area contributed by atoms with Crippen LogP contribution in [0.1, 0.15) is 25.3 Å². The van der Waals surface area contributed by atoms with E-state index in [0.29, 0.717) is 5.65 Å². The number of ether oxygens (including phenoxy) is 3. The van der Waals surface area contributed by atoms with Gasteiger partial charge in [-0.3, -0.25) is 9.20 Å². The van der Waals surface area contributed by atoms with Gasteiger partial charge in [-0.1, -0.05) is 13.0 Å². The van der Waals surface area contributed by atoms with E-state index in [2.05, 4.69) is 15.5 Å². The van der Waals surface area contributed by atoms with Gasteiger partial charge in [-0.05, 0) is 25.1 Å². The molecule has 0 radical (unpaired) electrons. The van der Waals surface area contributed by atoms with E-state index in [-0.39, 0.29) is 24.5 Å². The molecule has 0 spiro atoms. The molecule has 13 heteroatoms. The molecule has 1 N–H and O–H groups in total. The number of fused-ring (bicyclic) bond motifs is 1. The van der Waals surface area contributed by atoms with Crippen molar-refractivity contribution in [3.63, 3.8) is 0 Å². The fraction of sp³-hybridized carbons (Fsp3) is 0.435. The highest BCUT2D eigenvalue weighted by Crippen LogP contribution is 2.55. The molecule has 1 aliphatic heterocycles. The zero-order valence-corrected chi connectivity index (χ0v) is 19.5. The number of hydrogen-bond acceptors (Lipinski definition) is 6. The average Bonchev–Trinajstić information content (AvgIpc) is 3.39. The third kappa shape index (κ3) is 4.48. The van der Waals surface area contributed by atoms with Crippen molar-refractivity contribution < 1.29 is 41.0 Å². The molecule has 1 amide bonds. The molecule has 4 atom stereocenters. The largest absolute Gasteiger partial charge is 0.488 e. The zero-order valence-electron chi connectivity index (χ0n) is 19.5. The van der Waals surface area contributed by atoms with Crippen LogP contribution >= 0.6 is 0 Å². The molecule has 3 heterocycles. The minimum atomic E-state index is -4.86. The number of nitrogens with zero attached hydrogens (tertiary/aromatic N) is 3. The smallest absolute Gasteiger partial charge is 0.417 e. The second-order valence-corrected chi connectivity index (χ2v) is 8.58. The normalized spacial score (nSPS) is 24.3. The Labute approximate surface area is 202 Å². The van der Waals surface area contributed by atoms with Crippen LogP contribution in [0.3, 0.4) is 0 Å². The molecule has 8 nitrogen and oxygen atoms in total. The minimum absolute atomic E-state index is 0.0158. The molecule has 3 aromatic rings. The minimum Gasteiger partial charge on any atom is -0.488 e. The summed E-state index contributed by atoms with van der Waals surface area (Å²) in [6.45, 7) is 1.89. The Hall–Kier alpha value is -3.32. The summed E-state index contributed by atoms with van der Waals surface area (Å²) >= 11 is 0.